The Labute approximate surface area is 82.6 Å². The molecule has 0 amide bonds. The molecule has 68 valence electrons. The van der Waals surface area contributed by atoms with E-state index in [0.29, 0.717) is 29.5 Å². The maximum Gasteiger partial charge on any atom is 0.143 e. The minimum Gasteiger partial charge on any atom is -0.490 e. The zero-order valence-corrected chi connectivity index (χ0v) is 7.84. The van der Waals surface area contributed by atoms with E-state index in [9.17, 15) is 0 Å². The lowest BCUT2D eigenvalue weighted by molar-refractivity contribution is 0.329. The molecule has 0 saturated heterocycles. The van der Waals surface area contributed by atoms with Crippen molar-refractivity contribution in [2.24, 2.45) is 0 Å². The zero-order chi connectivity index (χ0) is 9.68. The van der Waals surface area contributed by atoms with Crippen molar-refractivity contribution in [1.82, 2.24) is 0 Å². The highest BCUT2D eigenvalue weighted by Crippen LogP contribution is 2.25. The highest BCUT2D eigenvalue weighted by molar-refractivity contribution is 6.30. The van der Waals surface area contributed by atoms with E-state index in [1.54, 1.807) is 18.2 Å². The van der Waals surface area contributed by atoms with Gasteiger partial charge in [-0.2, -0.15) is 0 Å². The predicted octanol–water partition coefficient (Wildman–Crippen LogP) is 2.32. The molecular formula is C10H10ClNO. The topological polar surface area (TPSA) is 35.2 Å². The first kappa shape index (κ1) is 9.76. The largest absolute Gasteiger partial charge is 0.490 e. The molecule has 2 nitrogen and oxygen atoms in total. The van der Waals surface area contributed by atoms with Crippen LogP contribution in [-0.2, 0) is 0 Å². The summed E-state index contributed by atoms with van der Waals surface area (Å²) in [4.78, 5) is 0. The summed E-state index contributed by atoms with van der Waals surface area (Å²) in [7, 11) is 0. The molecule has 0 aliphatic rings. The van der Waals surface area contributed by atoms with E-state index in [1.807, 2.05) is 0 Å². The Balaban J connectivity index is 2.65. The van der Waals surface area contributed by atoms with Gasteiger partial charge in [-0.3, -0.25) is 0 Å². The van der Waals surface area contributed by atoms with Gasteiger partial charge in [0, 0.05) is 17.5 Å². The first-order valence-corrected chi connectivity index (χ1v) is 4.23. The summed E-state index contributed by atoms with van der Waals surface area (Å²) in [6.07, 6.45) is 5.63. The summed E-state index contributed by atoms with van der Waals surface area (Å²) < 4.78 is 5.31. The van der Waals surface area contributed by atoms with Gasteiger partial charge in [-0.05, 0) is 12.1 Å². The maximum absolute atomic E-state index is 5.75. The first-order chi connectivity index (χ1) is 6.24. The summed E-state index contributed by atoms with van der Waals surface area (Å²) >= 11 is 5.75. The number of terminal acetylenes is 1. The van der Waals surface area contributed by atoms with Crippen LogP contribution in [-0.4, -0.2) is 6.61 Å². The molecule has 0 fully saturated rings. The average Bonchev–Trinajstić information content (AvgIpc) is 2.11. The van der Waals surface area contributed by atoms with Crippen LogP contribution in [0.3, 0.4) is 0 Å². The number of nitrogens with two attached hydrogens (primary N) is 1. The molecule has 13 heavy (non-hydrogen) atoms. The van der Waals surface area contributed by atoms with Crippen LogP contribution in [0.25, 0.3) is 0 Å². The molecule has 0 aliphatic carbocycles. The Morgan fingerprint density at radius 1 is 1.54 bits per heavy atom. The van der Waals surface area contributed by atoms with Crippen molar-refractivity contribution >= 4 is 17.3 Å². The fraction of sp³-hybridized carbons (Fsp3) is 0.200. The Kier molecular flexibility index (Phi) is 3.48. The van der Waals surface area contributed by atoms with Crippen LogP contribution in [0.4, 0.5) is 5.69 Å². The van der Waals surface area contributed by atoms with Crippen molar-refractivity contribution in [3.8, 4) is 18.1 Å². The van der Waals surface area contributed by atoms with Crippen molar-refractivity contribution < 1.29 is 4.74 Å². The van der Waals surface area contributed by atoms with Gasteiger partial charge in [-0.1, -0.05) is 11.6 Å². The number of benzene rings is 1. The monoisotopic (exact) mass is 195 g/mol. The molecule has 2 N–H and O–H groups in total. The van der Waals surface area contributed by atoms with E-state index in [0.717, 1.165) is 0 Å². The second-order valence-corrected chi connectivity index (χ2v) is 2.92. The van der Waals surface area contributed by atoms with Crippen molar-refractivity contribution in [2.45, 2.75) is 6.42 Å². The number of ether oxygens (including phenoxy) is 1. The number of nitrogen functional groups attached to an aromatic ring is 1. The highest BCUT2D eigenvalue weighted by Gasteiger charge is 1.99. The van der Waals surface area contributed by atoms with Gasteiger partial charge in [0.2, 0.25) is 0 Å². The van der Waals surface area contributed by atoms with Gasteiger partial charge >= 0.3 is 0 Å². The quantitative estimate of drug-likeness (QED) is 0.457. The Bertz CT molecular complexity index is 330. The van der Waals surface area contributed by atoms with Crippen LogP contribution in [0.5, 0.6) is 5.75 Å². The average molecular weight is 196 g/mol. The van der Waals surface area contributed by atoms with Gasteiger partial charge in [-0.15, -0.1) is 12.3 Å². The number of hydrogen-bond donors (Lipinski definition) is 1. The molecule has 0 aromatic heterocycles. The van der Waals surface area contributed by atoms with Gasteiger partial charge in [0.15, 0.2) is 0 Å². The SMILES string of the molecule is C#CCCOc1cc(Cl)ccc1N. The molecule has 0 heterocycles. The Hall–Kier alpha value is -1.33. The number of rotatable bonds is 3. The number of halogens is 1. The van der Waals surface area contributed by atoms with Gasteiger partial charge in [0.1, 0.15) is 5.75 Å². The Morgan fingerprint density at radius 3 is 3.00 bits per heavy atom. The molecule has 0 atom stereocenters. The van der Waals surface area contributed by atoms with Crippen molar-refractivity contribution in [3.63, 3.8) is 0 Å². The third kappa shape index (κ3) is 2.89. The standard InChI is InChI=1S/C10H10ClNO/c1-2-3-6-13-10-7-8(11)4-5-9(10)12/h1,4-5,7H,3,6,12H2. The van der Waals surface area contributed by atoms with E-state index in [-0.39, 0.29) is 0 Å². The van der Waals surface area contributed by atoms with Gasteiger partial charge in [-0.25, -0.2) is 0 Å². The molecule has 1 aromatic rings. The van der Waals surface area contributed by atoms with Crippen molar-refractivity contribution in [3.05, 3.63) is 23.2 Å². The van der Waals surface area contributed by atoms with Crippen LogP contribution in [0.15, 0.2) is 18.2 Å². The third-order valence-corrected chi connectivity index (χ3v) is 1.71. The van der Waals surface area contributed by atoms with Crippen LogP contribution in [0.1, 0.15) is 6.42 Å². The van der Waals surface area contributed by atoms with Crippen molar-refractivity contribution in [2.75, 3.05) is 12.3 Å². The fourth-order valence-electron chi connectivity index (χ4n) is 0.853. The van der Waals surface area contributed by atoms with Gasteiger partial charge in [0.05, 0.1) is 12.3 Å². The minimum atomic E-state index is 0.459. The van der Waals surface area contributed by atoms with E-state index >= 15 is 0 Å². The molecule has 0 saturated carbocycles. The van der Waals surface area contributed by atoms with E-state index < -0.39 is 0 Å². The lowest BCUT2D eigenvalue weighted by atomic mass is 10.3. The summed E-state index contributed by atoms with van der Waals surface area (Å²) in [6, 6.07) is 5.09. The lowest BCUT2D eigenvalue weighted by Crippen LogP contribution is -1.99. The molecule has 0 radical (unpaired) electrons. The van der Waals surface area contributed by atoms with E-state index in [2.05, 4.69) is 5.92 Å². The summed E-state index contributed by atoms with van der Waals surface area (Å²) in [6.45, 7) is 0.459. The molecule has 1 rings (SSSR count). The molecule has 0 unspecified atom stereocenters. The van der Waals surface area contributed by atoms with Crippen LogP contribution in [0, 0.1) is 12.3 Å². The van der Waals surface area contributed by atoms with Crippen LogP contribution in [0.2, 0.25) is 5.02 Å². The third-order valence-electron chi connectivity index (χ3n) is 1.48. The van der Waals surface area contributed by atoms with E-state index in [4.69, 9.17) is 28.5 Å². The molecule has 0 spiro atoms. The van der Waals surface area contributed by atoms with Crippen molar-refractivity contribution in [1.29, 1.82) is 0 Å². The normalized spacial score (nSPS) is 9.23. The summed E-state index contributed by atoms with van der Waals surface area (Å²) in [5, 5.41) is 0.602. The molecule has 0 aliphatic heterocycles. The molecule has 3 heteroatoms. The van der Waals surface area contributed by atoms with Gasteiger partial charge < -0.3 is 10.5 Å². The molecule has 1 aromatic carbocycles. The summed E-state index contributed by atoms with van der Waals surface area (Å²) in [5.41, 5.74) is 6.21. The molecular weight excluding hydrogens is 186 g/mol. The summed E-state index contributed by atoms with van der Waals surface area (Å²) in [5.74, 6) is 3.06. The smallest absolute Gasteiger partial charge is 0.143 e. The van der Waals surface area contributed by atoms with E-state index in [1.165, 1.54) is 0 Å². The minimum absolute atomic E-state index is 0.459. The Morgan fingerprint density at radius 2 is 2.31 bits per heavy atom. The number of hydrogen-bond acceptors (Lipinski definition) is 2. The maximum atomic E-state index is 5.75. The van der Waals surface area contributed by atoms with Crippen LogP contribution < -0.4 is 10.5 Å². The second kappa shape index (κ2) is 4.64. The zero-order valence-electron chi connectivity index (χ0n) is 7.09. The highest BCUT2D eigenvalue weighted by atomic mass is 35.5. The second-order valence-electron chi connectivity index (χ2n) is 2.48. The van der Waals surface area contributed by atoms with Crippen LogP contribution >= 0.6 is 11.6 Å². The fourth-order valence-corrected chi connectivity index (χ4v) is 1.02. The van der Waals surface area contributed by atoms with Gasteiger partial charge in [0.25, 0.3) is 0 Å². The predicted molar refractivity (Wildman–Crippen MR) is 54.8 cm³/mol. The first-order valence-electron chi connectivity index (χ1n) is 3.85. The lowest BCUT2D eigenvalue weighted by Gasteiger charge is -2.06. The molecule has 0 bridgehead atoms. The number of anilines is 1.